The van der Waals surface area contributed by atoms with Gasteiger partial charge in [-0.2, -0.15) is 0 Å². The van der Waals surface area contributed by atoms with Crippen molar-refractivity contribution in [3.8, 4) is 0 Å². The maximum atomic E-state index is 12.1. The molecule has 1 aromatic heterocycles. The van der Waals surface area contributed by atoms with Crippen molar-refractivity contribution >= 4 is 17.4 Å². The fourth-order valence-corrected chi connectivity index (χ4v) is 2.24. The van der Waals surface area contributed by atoms with Crippen molar-refractivity contribution in [2.45, 2.75) is 25.8 Å². The maximum absolute atomic E-state index is 12.1. The smallest absolute Gasteiger partial charge is 0.300 e. The van der Waals surface area contributed by atoms with Crippen LogP contribution in [0.3, 0.4) is 0 Å². The summed E-state index contributed by atoms with van der Waals surface area (Å²) in [5, 5.41) is 13.6. The molecule has 1 heterocycles. The largest absolute Gasteiger partial charge is 0.384 e. The fraction of sp³-hybridized carbons (Fsp3) is 0.538. The lowest BCUT2D eigenvalue weighted by Gasteiger charge is -2.19. The quantitative estimate of drug-likeness (QED) is 0.567. The molecule has 1 amide bonds. The predicted octanol–water partition coefficient (Wildman–Crippen LogP) is 0.786. The number of rotatable bonds is 7. The number of aromatic nitrogens is 1. The molecule has 0 unspecified atom stereocenters. The zero-order chi connectivity index (χ0) is 15.4. The number of nitrogen functional groups attached to an aromatic ring is 1. The minimum atomic E-state index is -0.635. The zero-order valence-corrected chi connectivity index (χ0v) is 11.9. The number of pyridine rings is 1. The molecule has 8 nitrogen and oxygen atoms in total. The summed E-state index contributed by atoms with van der Waals surface area (Å²) < 4.78 is 0. The summed E-state index contributed by atoms with van der Waals surface area (Å²) in [4.78, 5) is 28.3. The van der Waals surface area contributed by atoms with E-state index in [0.717, 1.165) is 19.3 Å². The number of nitro groups is 1. The third-order valence-corrected chi connectivity index (χ3v) is 3.50. The van der Waals surface area contributed by atoms with Crippen LogP contribution in [0.15, 0.2) is 12.3 Å². The highest BCUT2D eigenvalue weighted by Gasteiger charge is 2.27. The van der Waals surface area contributed by atoms with E-state index >= 15 is 0 Å². The molecule has 1 aliphatic rings. The molecule has 0 saturated heterocycles. The Hall–Kier alpha value is -2.22. The van der Waals surface area contributed by atoms with E-state index < -0.39 is 10.8 Å². The van der Waals surface area contributed by atoms with Crippen molar-refractivity contribution in [1.29, 1.82) is 0 Å². The Morgan fingerprint density at radius 2 is 2.33 bits per heavy atom. The van der Waals surface area contributed by atoms with Gasteiger partial charge in [0.25, 0.3) is 11.6 Å². The van der Waals surface area contributed by atoms with Gasteiger partial charge in [0.2, 0.25) is 0 Å². The molecule has 2 rings (SSSR count). The summed E-state index contributed by atoms with van der Waals surface area (Å²) in [6, 6.07) is 1.85. The molecule has 3 N–H and O–H groups in total. The van der Waals surface area contributed by atoms with Gasteiger partial charge < -0.3 is 11.1 Å². The number of amides is 1. The molecule has 0 aromatic carbocycles. The van der Waals surface area contributed by atoms with Gasteiger partial charge in [0.15, 0.2) is 0 Å². The lowest BCUT2D eigenvalue weighted by atomic mass is 10.2. The molecule has 0 bridgehead atoms. The van der Waals surface area contributed by atoms with Crippen LogP contribution in [0.4, 0.5) is 11.5 Å². The number of nitrogens with two attached hydrogens (primary N) is 1. The van der Waals surface area contributed by atoms with Gasteiger partial charge in [0.05, 0.1) is 4.92 Å². The van der Waals surface area contributed by atoms with Crippen LogP contribution in [0, 0.1) is 10.1 Å². The van der Waals surface area contributed by atoms with E-state index in [4.69, 9.17) is 5.73 Å². The highest BCUT2D eigenvalue weighted by Crippen LogP contribution is 2.25. The van der Waals surface area contributed by atoms with Gasteiger partial charge in [-0.25, -0.2) is 4.98 Å². The van der Waals surface area contributed by atoms with E-state index in [9.17, 15) is 14.9 Å². The van der Waals surface area contributed by atoms with E-state index in [-0.39, 0.29) is 17.1 Å². The van der Waals surface area contributed by atoms with Crippen LogP contribution in [0.25, 0.3) is 0 Å². The van der Waals surface area contributed by atoms with Gasteiger partial charge >= 0.3 is 0 Å². The van der Waals surface area contributed by atoms with Gasteiger partial charge in [-0.3, -0.25) is 19.8 Å². The minimum absolute atomic E-state index is 0.0537. The van der Waals surface area contributed by atoms with E-state index in [1.54, 1.807) is 0 Å². The van der Waals surface area contributed by atoms with Gasteiger partial charge in [-0.1, -0.05) is 6.92 Å². The molecule has 114 valence electrons. The van der Waals surface area contributed by atoms with Crippen molar-refractivity contribution in [3.63, 3.8) is 0 Å². The van der Waals surface area contributed by atoms with Crippen LogP contribution >= 0.6 is 0 Å². The first-order valence-electron chi connectivity index (χ1n) is 6.95. The van der Waals surface area contributed by atoms with E-state index in [0.29, 0.717) is 12.6 Å². The third-order valence-electron chi connectivity index (χ3n) is 3.50. The van der Waals surface area contributed by atoms with Gasteiger partial charge in [-0.05, 0) is 25.5 Å². The summed E-state index contributed by atoms with van der Waals surface area (Å²) in [6.45, 7) is 4.20. The topological polar surface area (TPSA) is 114 Å². The third kappa shape index (κ3) is 3.88. The van der Waals surface area contributed by atoms with Crippen LogP contribution in [0.1, 0.15) is 30.1 Å². The van der Waals surface area contributed by atoms with E-state index in [2.05, 4.69) is 22.1 Å². The second kappa shape index (κ2) is 6.49. The van der Waals surface area contributed by atoms with Crippen molar-refractivity contribution in [2.24, 2.45) is 0 Å². The monoisotopic (exact) mass is 293 g/mol. The molecule has 8 heteroatoms. The Bertz CT molecular complexity index is 545. The van der Waals surface area contributed by atoms with Crippen LogP contribution < -0.4 is 11.1 Å². The molecule has 0 spiro atoms. The first kappa shape index (κ1) is 15.2. The number of hydrogen-bond acceptors (Lipinski definition) is 6. The first-order chi connectivity index (χ1) is 10.0. The molecule has 1 aliphatic carbocycles. The summed E-state index contributed by atoms with van der Waals surface area (Å²) >= 11 is 0. The standard InChI is InChI=1S/C13H19N5O3/c1-2-17(9-3-4-9)6-5-15-13(19)10-7-12(14)16-8-11(10)18(20)21/h7-9H,2-6H2,1H3,(H2,14,16)(H,15,19). The molecule has 0 aliphatic heterocycles. The molecular weight excluding hydrogens is 274 g/mol. The lowest BCUT2D eigenvalue weighted by Crippen LogP contribution is -2.36. The van der Waals surface area contributed by atoms with Gasteiger partial charge in [0.1, 0.15) is 17.6 Å². The molecule has 1 saturated carbocycles. The highest BCUT2D eigenvalue weighted by atomic mass is 16.6. The minimum Gasteiger partial charge on any atom is -0.384 e. The summed E-state index contributed by atoms with van der Waals surface area (Å²) in [5.41, 5.74) is 5.10. The Kier molecular flexibility index (Phi) is 4.69. The number of likely N-dealkylation sites (N-methyl/N-ethyl adjacent to an activating group) is 1. The average molecular weight is 293 g/mol. The van der Waals surface area contributed by atoms with Crippen molar-refractivity contribution in [3.05, 3.63) is 27.9 Å². The van der Waals surface area contributed by atoms with E-state index in [1.807, 2.05) is 0 Å². The molecule has 21 heavy (non-hydrogen) atoms. The first-order valence-corrected chi connectivity index (χ1v) is 6.95. The molecule has 0 atom stereocenters. The van der Waals surface area contributed by atoms with Crippen LogP contribution in [0.2, 0.25) is 0 Å². The van der Waals surface area contributed by atoms with E-state index in [1.165, 1.54) is 18.9 Å². The van der Waals surface area contributed by atoms with Crippen molar-refractivity contribution in [2.75, 3.05) is 25.4 Å². The number of nitrogens with one attached hydrogen (secondary N) is 1. The van der Waals surface area contributed by atoms with Gasteiger partial charge in [-0.15, -0.1) is 0 Å². The second-order valence-electron chi connectivity index (χ2n) is 5.00. The Morgan fingerprint density at radius 3 is 2.90 bits per heavy atom. The number of carbonyl (C=O) groups is 1. The van der Waals surface area contributed by atoms with Crippen molar-refractivity contribution in [1.82, 2.24) is 15.2 Å². The van der Waals surface area contributed by atoms with Crippen molar-refractivity contribution < 1.29 is 9.72 Å². The van der Waals surface area contributed by atoms with Crippen LogP contribution in [0.5, 0.6) is 0 Å². The SMILES string of the molecule is CCN(CCNC(=O)c1cc(N)ncc1[N+](=O)[O-])C1CC1. The van der Waals surface area contributed by atoms with Crippen LogP contribution in [-0.2, 0) is 0 Å². The summed E-state index contributed by atoms with van der Waals surface area (Å²) in [7, 11) is 0. The number of nitrogens with zero attached hydrogens (tertiary/aromatic N) is 3. The lowest BCUT2D eigenvalue weighted by molar-refractivity contribution is -0.385. The molecule has 1 aromatic rings. The Labute approximate surface area is 122 Å². The molecule has 1 fully saturated rings. The highest BCUT2D eigenvalue weighted by molar-refractivity contribution is 5.98. The second-order valence-corrected chi connectivity index (χ2v) is 5.00. The normalized spacial score (nSPS) is 14.2. The fourth-order valence-electron chi connectivity index (χ4n) is 2.24. The molecular formula is C13H19N5O3. The number of carbonyl (C=O) groups excluding carboxylic acids is 1. The number of anilines is 1. The van der Waals surface area contributed by atoms with Crippen LogP contribution in [-0.4, -0.2) is 46.4 Å². The zero-order valence-electron chi connectivity index (χ0n) is 11.9. The average Bonchev–Trinajstić information content (AvgIpc) is 3.27. The summed E-state index contributed by atoms with van der Waals surface area (Å²) in [5.74, 6) is -0.415. The summed E-state index contributed by atoms with van der Waals surface area (Å²) in [6.07, 6.45) is 3.41. The Morgan fingerprint density at radius 1 is 1.62 bits per heavy atom. The molecule has 0 radical (unpaired) electrons. The van der Waals surface area contributed by atoms with Gasteiger partial charge in [0, 0.05) is 19.1 Å². The maximum Gasteiger partial charge on any atom is 0.300 e. The predicted molar refractivity (Wildman–Crippen MR) is 77.9 cm³/mol. The Balaban J connectivity index is 1.96. The number of hydrogen-bond donors (Lipinski definition) is 2.